The van der Waals surface area contributed by atoms with E-state index in [1.807, 2.05) is 0 Å². The van der Waals surface area contributed by atoms with E-state index in [0.29, 0.717) is 17.5 Å². The summed E-state index contributed by atoms with van der Waals surface area (Å²) < 4.78 is 0. The number of rotatable bonds is 16. The van der Waals surface area contributed by atoms with Crippen LogP contribution >= 0.6 is 0 Å². The Morgan fingerprint density at radius 1 is 0.372 bits per heavy atom. The molecule has 12 aromatic rings. The number of hydrogen-bond donors (Lipinski definition) is 0. The van der Waals surface area contributed by atoms with Crippen molar-refractivity contribution in [2.24, 2.45) is 0 Å². The summed E-state index contributed by atoms with van der Waals surface area (Å²) in [5.74, 6) is 1.93. The van der Waals surface area contributed by atoms with Gasteiger partial charge in [0.15, 0.2) is 17.5 Å². The van der Waals surface area contributed by atoms with Crippen LogP contribution in [0.25, 0.3) is 101 Å². The summed E-state index contributed by atoms with van der Waals surface area (Å²) in [5.41, 5.74) is 28.8. The van der Waals surface area contributed by atoms with Crippen molar-refractivity contribution in [2.75, 3.05) is 0 Å². The SMILES string of the molecule is CCCCCCc1cc(CCCCCC)cc(-c2cc(-c3[c-]cc4c(c3)C3(c5ccccc5-c5ccccc53)c3cc(-c5nc(-c6ccc(C(C)(C)C)cc6)nc(-c6ccc(C(C)(C)C)cc6)n5)ccc3-4)nc3cc4c(cc23)-c2ccccc2C4(C)c2ccccc2)c1.[Ir]. The van der Waals surface area contributed by atoms with Crippen LogP contribution in [-0.4, -0.2) is 19.9 Å². The third-order valence-electron chi connectivity index (χ3n) is 20.8. The Labute approximate surface area is 570 Å². The van der Waals surface area contributed by atoms with E-state index in [9.17, 15) is 0 Å². The van der Waals surface area contributed by atoms with Crippen molar-refractivity contribution in [1.82, 2.24) is 19.9 Å². The van der Waals surface area contributed by atoms with E-state index in [1.54, 1.807) is 0 Å². The molecule has 0 saturated heterocycles. The predicted octanol–water partition coefficient (Wildman–Crippen LogP) is 23.1. The van der Waals surface area contributed by atoms with Gasteiger partial charge in [-0.3, -0.25) is 4.98 Å². The summed E-state index contributed by atoms with van der Waals surface area (Å²) in [6.45, 7) is 20.6. The summed E-state index contributed by atoms with van der Waals surface area (Å²) >= 11 is 0. The van der Waals surface area contributed by atoms with Crippen molar-refractivity contribution in [3.05, 3.63) is 286 Å². The summed E-state index contributed by atoms with van der Waals surface area (Å²) in [7, 11) is 0. The van der Waals surface area contributed by atoms with Crippen LogP contribution in [-0.2, 0) is 54.6 Å². The Morgan fingerprint density at radius 2 is 0.862 bits per heavy atom. The fourth-order valence-corrected chi connectivity index (χ4v) is 15.7. The second-order valence-electron chi connectivity index (χ2n) is 28.9. The van der Waals surface area contributed by atoms with E-state index in [4.69, 9.17) is 19.9 Å². The Morgan fingerprint density at radius 3 is 1.41 bits per heavy atom. The van der Waals surface area contributed by atoms with Gasteiger partial charge in [0.1, 0.15) is 0 Å². The molecule has 10 aromatic carbocycles. The number of pyridine rings is 1. The minimum absolute atomic E-state index is 0. The fourth-order valence-electron chi connectivity index (χ4n) is 15.7. The van der Waals surface area contributed by atoms with Gasteiger partial charge in [0.05, 0.1) is 10.9 Å². The van der Waals surface area contributed by atoms with Crippen LogP contribution in [0.5, 0.6) is 0 Å². The number of aryl methyl sites for hydroxylation is 2. The van der Waals surface area contributed by atoms with Gasteiger partial charge in [0.25, 0.3) is 0 Å². The van der Waals surface area contributed by atoms with E-state index >= 15 is 0 Å². The summed E-state index contributed by atoms with van der Waals surface area (Å²) in [6, 6.07) is 86.4. The summed E-state index contributed by atoms with van der Waals surface area (Å²) in [6.07, 6.45) is 12.0. The van der Waals surface area contributed by atoms with Gasteiger partial charge in [-0.2, -0.15) is 0 Å². The second-order valence-corrected chi connectivity index (χ2v) is 28.9. The molecule has 3 aliphatic rings. The number of hydrogen-bond acceptors (Lipinski definition) is 4. The van der Waals surface area contributed by atoms with E-state index in [-0.39, 0.29) is 36.4 Å². The molecule has 0 amide bonds. The fraction of sp³-hybridized carbons (Fsp3) is 0.258. The molecular weight excluding hydrogens is 1320 g/mol. The zero-order valence-corrected chi connectivity index (χ0v) is 58.4. The molecule has 4 nitrogen and oxygen atoms in total. The average molecular weight is 1400 g/mol. The molecule has 2 aromatic heterocycles. The van der Waals surface area contributed by atoms with Gasteiger partial charge in [-0.25, -0.2) is 15.0 Å². The first-order chi connectivity index (χ1) is 45.1. The molecule has 469 valence electrons. The van der Waals surface area contributed by atoms with Crippen molar-refractivity contribution >= 4 is 10.9 Å². The zero-order valence-electron chi connectivity index (χ0n) is 56.0. The first-order valence-corrected chi connectivity index (χ1v) is 34.3. The molecular formula is C89H83IrN4-. The summed E-state index contributed by atoms with van der Waals surface area (Å²) in [4.78, 5) is 22.0. The molecule has 0 fully saturated rings. The maximum absolute atomic E-state index is 5.89. The average Bonchev–Trinajstić information content (AvgIpc) is 1.51. The number of unbranched alkanes of at least 4 members (excludes halogenated alkanes) is 6. The molecule has 1 spiro atoms. The van der Waals surface area contributed by atoms with Crippen molar-refractivity contribution in [1.29, 1.82) is 0 Å². The monoisotopic (exact) mass is 1400 g/mol. The molecule has 0 N–H and O–H groups in total. The minimum Gasteiger partial charge on any atom is -0.296 e. The third kappa shape index (κ3) is 10.8. The summed E-state index contributed by atoms with van der Waals surface area (Å²) in [5, 5.41) is 1.18. The maximum atomic E-state index is 5.89. The molecule has 0 bridgehead atoms. The standard InChI is InChI=1S/C89H83N4.Ir/c1-10-12-14-17-27-57-49-58(28-18-15-13-11-2)51-63(50-57)72-55-81(90-82-56-78-73(54-74(72)82)69-33-21-24-34-75(69)88(78,9)66-29-19-16-20-30-66)61-41-47-70-71-48-42-62(53-80(71)89(79(70)52-61)76-35-25-22-31-67(76)68-32-23-26-36-77(68)89)85-92-83(59-37-43-64(44-38-59)86(3,4)5)91-84(93-85)60-39-45-65(46-40-60)87(6,7)8;/h16,19-26,29-40,42-56H,10-15,17-18,27-28H2,1-9H3;/q-1;. The molecule has 5 heteroatoms. The number of nitrogens with zero attached hydrogens (tertiary/aromatic N) is 4. The topological polar surface area (TPSA) is 51.6 Å². The second kappa shape index (κ2) is 24.9. The molecule has 1 radical (unpaired) electrons. The molecule has 0 saturated carbocycles. The first kappa shape index (κ1) is 62.7. The Kier molecular flexibility index (Phi) is 16.6. The number of fused-ring (bicyclic) bond motifs is 14. The molecule has 1 atom stereocenters. The van der Waals surface area contributed by atoms with E-state index < -0.39 is 5.41 Å². The van der Waals surface area contributed by atoms with Crippen molar-refractivity contribution < 1.29 is 20.1 Å². The van der Waals surface area contributed by atoms with Gasteiger partial charge >= 0.3 is 0 Å². The Balaban J connectivity index is 0.00000763. The van der Waals surface area contributed by atoms with Gasteiger partial charge < -0.3 is 0 Å². The quantitative estimate of drug-likeness (QED) is 0.0715. The van der Waals surface area contributed by atoms with E-state index in [0.717, 1.165) is 46.3 Å². The van der Waals surface area contributed by atoms with Gasteiger partial charge in [-0.15, -0.1) is 29.3 Å². The smallest absolute Gasteiger partial charge is 0.164 e. The molecule has 1 unspecified atom stereocenters. The number of aromatic nitrogens is 4. The van der Waals surface area contributed by atoms with Crippen LogP contribution in [0.3, 0.4) is 0 Å². The molecule has 15 rings (SSSR count). The van der Waals surface area contributed by atoms with Crippen LogP contribution in [0.4, 0.5) is 0 Å². The van der Waals surface area contributed by atoms with Gasteiger partial charge in [0.2, 0.25) is 0 Å². The Hall–Kier alpha value is -8.73. The molecule has 2 heterocycles. The van der Waals surface area contributed by atoms with Gasteiger partial charge in [-0.05, 0) is 156 Å². The zero-order chi connectivity index (χ0) is 63.8. The first-order valence-electron chi connectivity index (χ1n) is 34.3. The Bertz CT molecular complexity index is 4700. The normalized spacial score (nSPS) is 14.7. The maximum Gasteiger partial charge on any atom is 0.164 e. The van der Waals surface area contributed by atoms with E-state index in [2.05, 4.69) is 287 Å². The van der Waals surface area contributed by atoms with Gasteiger partial charge in [-0.1, -0.05) is 293 Å². The largest absolute Gasteiger partial charge is 0.296 e. The third-order valence-corrected chi connectivity index (χ3v) is 20.8. The van der Waals surface area contributed by atoms with Crippen molar-refractivity contribution in [3.8, 4) is 89.9 Å². The van der Waals surface area contributed by atoms with Crippen LogP contribution in [0, 0.1) is 6.07 Å². The number of benzene rings is 10. The molecule has 3 aliphatic carbocycles. The van der Waals surface area contributed by atoms with Crippen molar-refractivity contribution in [3.63, 3.8) is 0 Å². The molecule has 94 heavy (non-hydrogen) atoms. The predicted molar refractivity (Wildman–Crippen MR) is 388 cm³/mol. The van der Waals surface area contributed by atoms with Crippen LogP contribution < -0.4 is 0 Å². The van der Waals surface area contributed by atoms with Gasteiger partial charge in [0, 0.05) is 47.6 Å². The van der Waals surface area contributed by atoms with Crippen LogP contribution in [0.15, 0.2) is 218 Å². The minimum atomic E-state index is -0.690. The molecule has 0 aliphatic heterocycles. The van der Waals surface area contributed by atoms with Crippen molar-refractivity contribution in [2.45, 2.75) is 148 Å². The van der Waals surface area contributed by atoms with E-state index in [1.165, 1.54) is 162 Å². The van der Waals surface area contributed by atoms with Crippen LogP contribution in [0.1, 0.15) is 175 Å². The van der Waals surface area contributed by atoms with Crippen LogP contribution in [0.2, 0.25) is 0 Å².